The highest BCUT2D eigenvalue weighted by Crippen LogP contribution is 2.21. The number of carbonyl (C=O) groups excluding carboxylic acids is 1. The first-order chi connectivity index (χ1) is 8.68. The summed E-state index contributed by atoms with van der Waals surface area (Å²) in [6, 6.07) is 9.30. The predicted molar refractivity (Wildman–Crippen MR) is 73.3 cm³/mol. The molecule has 4 nitrogen and oxygen atoms in total. The quantitative estimate of drug-likeness (QED) is 0.888. The standard InChI is InChI=1S/C13H15N3OS/c1-9(11(14)10-5-3-2-4-6-10)12(17)16-13-15-7-8-18-13/h2-9,11H,14H2,1H3,(H,15,16,17). The molecular formula is C13H15N3OS. The van der Waals surface area contributed by atoms with Gasteiger partial charge in [0.15, 0.2) is 5.13 Å². The number of nitrogens with zero attached hydrogens (tertiary/aromatic N) is 1. The van der Waals surface area contributed by atoms with E-state index >= 15 is 0 Å². The molecule has 0 saturated carbocycles. The van der Waals surface area contributed by atoms with Gasteiger partial charge in [-0.2, -0.15) is 0 Å². The highest BCUT2D eigenvalue weighted by molar-refractivity contribution is 7.13. The molecule has 0 saturated heterocycles. The molecule has 18 heavy (non-hydrogen) atoms. The number of carbonyl (C=O) groups is 1. The molecule has 0 aliphatic heterocycles. The Kier molecular flexibility index (Phi) is 4.07. The fourth-order valence-electron chi connectivity index (χ4n) is 1.63. The third kappa shape index (κ3) is 2.94. The van der Waals surface area contributed by atoms with Gasteiger partial charge in [0.05, 0.1) is 5.92 Å². The van der Waals surface area contributed by atoms with Crippen molar-refractivity contribution >= 4 is 22.4 Å². The molecule has 0 spiro atoms. The van der Waals surface area contributed by atoms with Gasteiger partial charge in [-0.25, -0.2) is 4.98 Å². The molecule has 0 fully saturated rings. The van der Waals surface area contributed by atoms with Crippen molar-refractivity contribution in [2.75, 3.05) is 5.32 Å². The molecule has 0 radical (unpaired) electrons. The average Bonchev–Trinajstić information content (AvgIpc) is 2.91. The van der Waals surface area contributed by atoms with Gasteiger partial charge in [-0.1, -0.05) is 37.3 Å². The van der Waals surface area contributed by atoms with Crippen molar-refractivity contribution in [1.29, 1.82) is 0 Å². The van der Waals surface area contributed by atoms with E-state index in [4.69, 9.17) is 5.73 Å². The zero-order valence-corrected chi connectivity index (χ0v) is 10.9. The van der Waals surface area contributed by atoms with Gasteiger partial charge in [-0.15, -0.1) is 11.3 Å². The maximum atomic E-state index is 12.0. The molecule has 0 aliphatic carbocycles. The van der Waals surface area contributed by atoms with Crippen molar-refractivity contribution in [3.8, 4) is 0 Å². The predicted octanol–water partition coefficient (Wildman–Crippen LogP) is 2.42. The fourth-order valence-corrected chi connectivity index (χ4v) is 2.16. The van der Waals surface area contributed by atoms with Crippen LogP contribution in [-0.2, 0) is 4.79 Å². The first-order valence-electron chi connectivity index (χ1n) is 5.69. The van der Waals surface area contributed by atoms with Crippen LogP contribution in [0.1, 0.15) is 18.5 Å². The zero-order valence-electron chi connectivity index (χ0n) is 10.0. The molecule has 0 aliphatic rings. The van der Waals surface area contributed by atoms with E-state index in [1.165, 1.54) is 11.3 Å². The molecule has 2 unspecified atom stereocenters. The summed E-state index contributed by atoms with van der Waals surface area (Å²) in [5, 5.41) is 5.18. The summed E-state index contributed by atoms with van der Waals surface area (Å²) < 4.78 is 0. The van der Waals surface area contributed by atoms with Crippen LogP contribution in [0.3, 0.4) is 0 Å². The van der Waals surface area contributed by atoms with Gasteiger partial charge in [-0.3, -0.25) is 4.79 Å². The summed E-state index contributed by atoms with van der Waals surface area (Å²) in [7, 11) is 0. The van der Waals surface area contributed by atoms with Crippen LogP contribution in [0.2, 0.25) is 0 Å². The highest BCUT2D eigenvalue weighted by atomic mass is 32.1. The summed E-state index contributed by atoms with van der Waals surface area (Å²) in [4.78, 5) is 16.0. The van der Waals surface area contributed by atoms with Crippen LogP contribution >= 0.6 is 11.3 Å². The zero-order chi connectivity index (χ0) is 13.0. The van der Waals surface area contributed by atoms with Crippen LogP contribution in [0.25, 0.3) is 0 Å². The molecular weight excluding hydrogens is 246 g/mol. The number of aromatic nitrogens is 1. The summed E-state index contributed by atoms with van der Waals surface area (Å²) in [5.41, 5.74) is 7.05. The van der Waals surface area contributed by atoms with E-state index in [-0.39, 0.29) is 17.9 Å². The van der Waals surface area contributed by atoms with Crippen LogP contribution in [0.15, 0.2) is 41.9 Å². The van der Waals surface area contributed by atoms with Crippen molar-refractivity contribution in [2.24, 2.45) is 11.7 Å². The van der Waals surface area contributed by atoms with E-state index in [1.807, 2.05) is 42.6 Å². The van der Waals surface area contributed by atoms with Gasteiger partial charge in [0, 0.05) is 17.6 Å². The van der Waals surface area contributed by atoms with Gasteiger partial charge < -0.3 is 11.1 Å². The molecule has 5 heteroatoms. The second kappa shape index (κ2) is 5.75. The maximum Gasteiger partial charge on any atom is 0.230 e. The van der Waals surface area contributed by atoms with Gasteiger partial charge in [0.2, 0.25) is 5.91 Å². The highest BCUT2D eigenvalue weighted by Gasteiger charge is 2.22. The lowest BCUT2D eigenvalue weighted by Gasteiger charge is -2.19. The number of anilines is 1. The third-order valence-electron chi connectivity index (χ3n) is 2.80. The monoisotopic (exact) mass is 261 g/mol. The number of benzene rings is 1. The molecule has 2 atom stereocenters. The van der Waals surface area contributed by atoms with Crippen molar-refractivity contribution in [3.05, 3.63) is 47.5 Å². The van der Waals surface area contributed by atoms with Crippen LogP contribution < -0.4 is 11.1 Å². The Hall–Kier alpha value is -1.72. The Labute approximate surface area is 110 Å². The van der Waals surface area contributed by atoms with Gasteiger partial charge in [0.1, 0.15) is 0 Å². The minimum absolute atomic E-state index is 0.110. The molecule has 0 bridgehead atoms. The maximum absolute atomic E-state index is 12.0. The van der Waals surface area contributed by atoms with Crippen LogP contribution in [-0.4, -0.2) is 10.9 Å². The Morgan fingerprint density at radius 2 is 2.11 bits per heavy atom. The average molecular weight is 261 g/mol. The van der Waals surface area contributed by atoms with Gasteiger partial charge >= 0.3 is 0 Å². The lowest BCUT2D eigenvalue weighted by molar-refractivity contribution is -0.120. The topological polar surface area (TPSA) is 68.0 Å². The van der Waals surface area contributed by atoms with Crippen molar-refractivity contribution < 1.29 is 4.79 Å². The van der Waals surface area contributed by atoms with E-state index in [2.05, 4.69) is 10.3 Å². The smallest absolute Gasteiger partial charge is 0.230 e. The van der Waals surface area contributed by atoms with Crippen LogP contribution in [0, 0.1) is 5.92 Å². The first-order valence-corrected chi connectivity index (χ1v) is 6.57. The lowest BCUT2D eigenvalue weighted by Crippen LogP contribution is -2.30. The molecule has 1 heterocycles. The van der Waals surface area contributed by atoms with E-state index in [0.717, 1.165) is 5.56 Å². The number of amides is 1. The van der Waals surface area contributed by atoms with E-state index in [9.17, 15) is 4.79 Å². The fraction of sp³-hybridized carbons (Fsp3) is 0.231. The Balaban J connectivity index is 2.02. The van der Waals surface area contributed by atoms with Crippen molar-refractivity contribution in [3.63, 3.8) is 0 Å². The first kappa shape index (κ1) is 12.7. The summed E-state index contributed by atoms with van der Waals surface area (Å²) in [6.07, 6.45) is 1.65. The number of hydrogen-bond donors (Lipinski definition) is 2. The molecule has 1 aromatic heterocycles. The Bertz CT molecular complexity index is 498. The van der Waals surface area contributed by atoms with Gasteiger partial charge in [0.25, 0.3) is 0 Å². The SMILES string of the molecule is CC(C(=O)Nc1nccs1)C(N)c1ccccc1. The van der Waals surface area contributed by atoms with Crippen molar-refractivity contribution in [1.82, 2.24) is 4.98 Å². The minimum Gasteiger partial charge on any atom is -0.323 e. The Morgan fingerprint density at radius 3 is 2.72 bits per heavy atom. The second-order valence-electron chi connectivity index (χ2n) is 4.05. The van der Waals surface area contributed by atoms with Crippen LogP contribution in [0.4, 0.5) is 5.13 Å². The number of nitrogens with one attached hydrogen (secondary N) is 1. The number of hydrogen-bond acceptors (Lipinski definition) is 4. The largest absolute Gasteiger partial charge is 0.323 e. The summed E-state index contributed by atoms with van der Waals surface area (Å²) in [6.45, 7) is 1.82. The molecule has 2 rings (SSSR count). The molecule has 1 aromatic carbocycles. The molecule has 1 amide bonds. The lowest BCUT2D eigenvalue weighted by atomic mass is 9.95. The van der Waals surface area contributed by atoms with E-state index in [0.29, 0.717) is 5.13 Å². The summed E-state index contributed by atoms with van der Waals surface area (Å²) >= 11 is 1.39. The second-order valence-corrected chi connectivity index (χ2v) is 4.95. The van der Waals surface area contributed by atoms with E-state index in [1.54, 1.807) is 6.20 Å². The minimum atomic E-state index is -0.314. The normalized spacial score (nSPS) is 13.9. The third-order valence-corrected chi connectivity index (χ3v) is 3.49. The Morgan fingerprint density at radius 1 is 1.39 bits per heavy atom. The number of thiazole rings is 1. The van der Waals surface area contributed by atoms with Crippen molar-refractivity contribution in [2.45, 2.75) is 13.0 Å². The molecule has 3 N–H and O–H groups in total. The summed E-state index contributed by atoms with van der Waals surface area (Å²) in [5.74, 6) is -0.419. The molecule has 2 aromatic rings. The van der Waals surface area contributed by atoms with E-state index < -0.39 is 0 Å². The molecule has 94 valence electrons. The number of rotatable bonds is 4. The van der Waals surface area contributed by atoms with Crippen LogP contribution in [0.5, 0.6) is 0 Å². The number of nitrogens with two attached hydrogens (primary N) is 1. The van der Waals surface area contributed by atoms with Gasteiger partial charge in [-0.05, 0) is 5.56 Å².